The first-order valence-electron chi connectivity index (χ1n) is 7.52. The van der Waals surface area contributed by atoms with Crippen molar-refractivity contribution in [2.45, 2.75) is 51.1 Å². The molecule has 1 unspecified atom stereocenters. The number of hydrogen-bond donors (Lipinski definition) is 1. The second-order valence-electron chi connectivity index (χ2n) is 5.48. The van der Waals surface area contributed by atoms with Gasteiger partial charge < -0.3 is 0 Å². The minimum atomic E-state index is -3.52. The molecule has 0 bridgehead atoms. The average molecular weight is 321 g/mol. The highest BCUT2D eigenvalue weighted by Crippen LogP contribution is 2.14. The first-order valence-corrected chi connectivity index (χ1v) is 9.01. The van der Waals surface area contributed by atoms with E-state index in [4.69, 9.17) is 0 Å². The van der Waals surface area contributed by atoms with Crippen LogP contribution in [0.15, 0.2) is 41.4 Å². The molecule has 0 aliphatic carbocycles. The van der Waals surface area contributed by atoms with E-state index in [0.717, 1.165) is 12.8 Å². The number of nitrogens with one attached hydrogen (secondary N) is 1. The first kappa shape index (κ1) is 16.7. The van der Waals surface area contributed by atoms with Gasteiger partial charge in [0, 0.05) is 18.8 Å². The van der Waals surface area contributed by atoms with Gasteiger partial charge in [-0.05, 0) is 39.2 Å². The van der Waals surface area contributed by atoms with Crippen molar-refractivity contribution in [2.75, 3.05) is 0 Å². The molecule has 6 heteroatoms. The summed E-state index contributed by atoms with van der Waals surface area (Å²) in [4.78, 5) is 0.265. The topological polar surface area (TPSA) is 64.0 Å². The molecule has 1 atom stereocenters. The molecule has 0 aliphatic heterocycles. The predicted molar refractivity (Wildman–Crippen MR) is 87.2 cm³/mol. The van der Waals surface area contributed by atoms with Crippen molar-refractivity contribution < 1.29 is 8.42 Å². The second kappa shape index (κ2) is 7.07. The van der Waals surface area contributed by atoms with Crippen molar-refractivity contribution >= 4 is 10.0 Å². The minimum absolute atomic E-state index is 0.130. The molecule has 2 aromatic rings. The zero-order valence-electron chi connectivity index (χ0n) is 13.3. The van der Waals surface area contributed by atoms with Crippen LogP contribution in [0.25, 0.3) is 0 Å². The molecule has 5 nitrogen and oxygen atoms in total. The average Bonchev–Trinajstić information content (AvgIpc) is 2.88. The second-order valence-corrected chi connectivity index (χ2v) is 7.16. The Morgan fingerprint density at radius 2 is 1.95 bits per heavy atom. The molecule has 0 radical (unpaired) electrons. The highest BCUT2D eigenvalue weighted by molar-refractivity contribution is 7.89. The number of aromatic nitrogens is 2. The molecule has 0 amide bonds. The molecule has 1 N–H and O–H groups in total. The fourth-order valence-electron chi connectivity index (χ4n) is 2.34. The number of rotatable bonds is 7. The van der Waals surface area contributed by atoms with Crippen LogP contribution in [0.5, 0.6) is 0 Å². The van der Waals surface area contributed by atoms with Crippen molar-refractivity contribution in [3.8, 4) is 0 Å². The van der Waals surface area contributed by atoms with E-state index in [-0.39, 0.29) is 10.9 Å². The van der Waals surface area contributed by atoms with E-state index >= 15 is 0 Å². The number of benzene rings is 1. The zero-order chi connectivity index (χ0) is 16.2. The maximum atomic E-state index is 12.4. The highest BCUT2D eigenvalue weighted by Gasteiger charge is 2.22. The SMILES string of the molecule is CCn1cc(S(=O)(=O)NC(C)CCc2ccccc2)c(C)n1. The van der Waals surface area contributed by atoms with Gasteiger partial charge in [-0.2, -0.15) is 5.10 Å². The summed E-state index contributed by atoms with van der Waals surface area (Å²) in [6, 6.07) is 9.94. The maximum Gasteiger partial charge on any atom is 0.244 e. The normalized spacial score (nSPS) is 13.2. The smallest absolute Gasteiger partial charge is 0.244 e. The van der Waals surface area contributed by atoms with Crippen LogP contribution in [-0.2, 0) is 23.0 Å². The summed E-state index contributed by atoms with van der Waals surface area (Å²) in [5.74, 6) is 0. The van der Waals surface area contributed by atoms with Crippen LogP contribution < -0.4 is 4.72 Å². The monoisotopic (exact) mass is 321 g/mol. The summed E-state index contributed by atoms with van der Waals surface area (Å²) >= 11 is 0. The van der Waals surface area contributed by atoms with Crippen molar-refractivity contribution in [3.63, 3.8) is 0 Å². The van der Waals surface area contributed by atoms with Crippen LogP contribution in [0, 0.1) is 6.92 Å². The number of sulfonamides is 1. The van der Waals surface area contributed by atoms with Gasteiger partial charge in [0.25, 0.3) is 0 Å². The van der Waals surface area contributed by atoms with Crippen molar-refractivity contribution in [3.05, 3.63) is 47.8 Å². The Kier molecular flexibility index (Phi) is 5.37. The van der Waals surface area contributed by atoms with E-state index in [2.05, 4.69) is 22.0 Å². The molecule has 0 aliphatic rings. The van der Waals surface area contributed by atoms with Crippen molar-refractivity contribution in [2.24, 2.45) is 0 Å². The van der Waals surface area contributed by atoms with Crippen LogP contribution in [0.4, 0.5) is 0 Å². The molecule has 120 valence electrons. The summed E-state index contributed by atoms with van der Waals surface area (Å²) in [7, 11) is -3.52. The lowest BCUT2D eigenvalue weighted by molar-refractivity contribution is 0.546. The largest absolute Gasteiger partial charge is 0.271 e. The van der Waals surface area contributed by atoms with Crippen LogP contribution in [0.2, 0.25) is 0 Å². The third kappa shape index (κ3) is 4.18. The fourth-order valence-corrected chi connectivity index (χ4v) is 3.81. The van der Waals surface area contributed by atoms with E-state index in [1.807, 2.05) is 32.0 Å². The van der Waals surface area contributed by atoms with E-state index in [1.54, 1.807) is 17.8 Å². The predicted octanol–water partition coefficient (Wildman–Crippen LogP) is 2.51. The summed E-state index contributed by atoms with van der Waals surface area (Å²) in [6.45, 7) is 6.19. The zero-order valence-corrected chi connectivity index (χ0v) is 14.1. The van der Waals surface area contributed by atoms with Crippen LogP contribution >= 0.6 is 0 Å². The Morgan fingerprint density at radius 1 is 1.27 bits per heavy atom. The molecule has 0 spiro atoms. The van der Waals surface area contributed by atoms with E-state index < -0.39 is 10.0 Å². The molecular formula is C16H23N3O2S. The highest BCUT2D eigenvalue weighted by atomic mass is 32.2. The Hall–Kier alpha value is -1.66. The molecule has 0 fully saturated rings. The molecule has 1 aromatic carbocycles. The lowest BCUT2D eigenvalue weighted by atomic mass is 10.1. The van der Waals surface area contributed by atoms with Crippen LogP contribution in [0.3, 0.4) is 0 Å². The van der Waals surface area contributed by atoms with Gasteiger partial charge in [0.2, 0.25) is 10.0 Å². The third-order valence-corrected chi connectivity index (χ3v) is 5.27. The number of aryl methyl sites for hydroxylation is 3. The first-order chi connectivity index (χ1) is 10.4. The molecule has 2 rings (SSSR count). The lowest BCUT2D eigenvalue weighted by Gasteiger charge is -2.13. The molecule has 1 heterocycles. The lowest BCUT2D eigenvalue weighted by Crippen LogP contribution is -2.33. The summed E-state index contributed by atoms with van der Waals surface area (Å²) in [5.41, 5.74) is 1.74. The van der Waals surface area contributed by atoms with Crippen molar-refractivity contribution in [1.82, 2.24) is 14.5 Å². The van der Waals surface area contributed by atoms with E-state index in [9.17, 15) is 8.42 Å². The summed E-state index contributed by atoms with van der Waals surface area (Å²) < 4.78 is 29.3. The Balaban J connectivity index is 2.00. The summed E-state index contributed by atoms with van der Waals surface area (Å²) in [6.07, 6.45) is 3.18. The van der Waals surface area contributed by atoms with Gasteiger partial charge in [0.05, 0.1) is 5.69 Å². The van der Waals surface area contributed by atoms with Gasteiger partial charge >= 0.3 is 0 Å². The summed E-state index contributed by atoms with van der Waals surface area (Å²) in [5, 5.41) is 4.19. The van der Waals surface area contributed by atoms with E-state index in [0.29, 0.717) is 12.2 Å². The van der Waals surface area contributed by atoms with Crippen molar-refractivity contribution in [1.29, 1.82) is 0 Å². The van der Waals surface area contributed by atoms with E-state index in [1.165, 1.54) is 5.56 Å². The van der Waals surface area contributed by atoms with Crippen LogP contribution in [0.1, 0.15) is 31.5 Å². The molecule has 22 heavy (non-hydrogen) atoms. The Morgan fingerprint density at radius 3 is 2.55 bits per heavy atom. The van der Waals surface area contributed by atoms with Gasteiger partial charge in [0.15, 0.2) is 0 Å². The number of nitrogens with zero attached hydrogens (tertiary/aromatic N) is 2. The molecular weight excluding hydrogens is 298 g/mol. The van der Waals surface area contributed by atoms with Crippen LogP contribution in [-0.4, -0.2) is 24.2 Å². The third-order valence-electron chi connectivity index (χ3n) is 3.58. The van der Waals surface area contributed by atoms with Gasteiger partial charge in [0.1, 0.15) is 4.90 Å². The fraction of sp³-hybridized carbons (Fsp3) is 0.438. The van der Waals surface area contributed by atoms with Gasteiger partial charge in [-0.25, -0.2) is 13.1 Å². The quantitative estimate of drug-likeness (QED) is 0.852. The Labute approximate surface area is 132 Å². The van der Waals surface area contributed by atoms with Gasteiger partial charge in [-0.1, -0.05) is 30.3 Å². The van der Waals surface area contributed by atoms with Gasteiger partial charge in [-0.15, -0.1) is 0 Å². The maximum absolute atomic E-state index is 12.4. The molecule has 0 saturated heterocycles. The molecule has 1 aromatic heterocycles. The number of hydrogen-bond acceptors (Lipinski definition) is 3. The van der Waals surface area contributed by atoms with Gasteiger partial charge in [-0.3, -0.25) is 4.68 Å². The minimum Gasteiger partial charge on any atom is -0.271 e. The Bertz CT molecular complexity index is 708. The molecule has 0 saturated carbocycles. The standard InChI is InChI=1S/C16H23N3O2S/c1-4-19-12-16(14(3)17-19)22(20,21)18-13(2)10-11-15-8-6-5-7-9-15/h5-9,12-13,18H,4,10-11H2,1-3H3.